The van der Waals surface area contributed by atoms with Crippen molar-refractivity contribution in [2.45, 2.75) is 6.18 Å². The zero-order valence-electron chi connectivity index (χ0n) is 15.7. The van der Waals surface area contributed by atoms with E-state index >= 15 is 0 Å². The van der Waals surface area contributed by atoms with Crippen molar-refractivity contribution >= 4 is 38.9 Å². The Labute approximate surface area is 178 Å². The van der Waals surface area contributed by atoms with E-state index < -0.39 is 22.6 Å². The van der Waals surface area contributed by atoms with Gasteiger partial charge in [-0.05, 0) is 24.3 Å². The number of hydrogen-bond donors (Lipinski definition) is 1. The van der Waals surface area contributed by atoms with E-state index in [4.69, 9.17) is 0 Å². The average molecular weight is 487 g/mol. The molecular weight excluding hydrogens is 469 g/mol. The van der Waals surface area contributed by atoms with E-state index in [1.807, 2.05) is 4.90 Å². The van der Waals surface area contributed by atoms with Gasteiger partial charge in [-0.1, -0.05) is 28.1 Å². The molecule has 2 aromatic rings. The van der Waals surface area contributed by atoms with Crippen LogP contribution in [0.3, 0.4) is 0 Å². The zero-order valence-corrected chi connectivity index (χ0v) is 17.2. The molecule has 1 amide bonds. The third kappa shape index (κ3) is 5.28. The van der Waals surface area contributed by atoms with Gasteiger partial charge < -0.3 is 10.2 Å². The van der Waals surface area contributed by atoms with E-state index in [9.17, 15) is 28.1 Å². The molecule has 2 aromatic carbocycles. The fourth-order valence-corrected chi connectivity index (χ4v) is 3.64. The number of anilines is 2. The van der Waals surface area contributed by atoms with Crippen LogP contribution in [-0.2, 0) is 11.0 Å². The van der Waals surface area contributed by atoms with Crippen LogP contribution in [0.15, 0.2) is 46.9 Å². The molecule has 3 rings (SSSR count). The van der Waals surface area contributed by atoms with Crippen molar-refractivity contribution in [2.75, 3.05) is 42.9 Å². The molecule has 1 aliphatic heterocycles. The van der Waals surface area contributed by atoms with E-state index in [1.54, 1.807) is 17.0 Å². The molecule has 11 heteroatoms. The first kappa shape index (κ1) is 22.0. The number of carbonyl (C=O) groups is 1. The molecule has 0 aliphatic carbocycles. The van der Waals surface area contributed by atoms with Gasteiger partial charge in [0.05, 0.1) is 22.7 Å². The van der Waals surface area contributed by atoms with Crippen molar-refractivity contribution in [1.29, 1.82) is 0 Å². The van der Waals surface area contributed by atoms with Crippen LogP contribution in [0.2, 0.25) is 0 Å². The Bertz CT molecular complexity index is 947. The number of piperazine rings is 1. The third-order valence-electron chi connectivity index (χ3n) is 4.72. The summed E-state index contributed by atoms with van der Waals surface area (Å²) in [4.78, 5) is 26.8. The lowest BCUT2D eigenvalue weighted by atomic mass is 10.1. The van der Waals surface area contributed by atoms with Gasteiger partial charge in [0.1, 0.15) is 5.69 Å². The standard InChI is InChI=1S/C19H18BrF3N4O3/c20-13-5-6-16(17(11-13)27(29)30)26-9-7-25(8-10-26)12-18(28)24-15-4-2-1-3-14(15)19(21,22)23/h1-6,11H,7-10,12H2,(H,24,28). The number of rotatable bonds is 5. The van der Waals surface area contributed by atoms with Gasteiger partial charge in [0.25, 0.3) is 5.69 Å². The number of para-hydroxylation sites is 1. The van der Waals surface area contributed by atoms with Crippen LogP contribution in [-0.4, -0.2) is 48.5 Å². The van der Waals surface area contributed by atoms with Gasteiger partial charge in [-0.15, -0.1) is 0 Å². The van der Waals surface area contributed by atoms with Crippen molar-refractivity contribution in [1.82, 2.24) is 4.90 Å². The van der Waals surface area contributed by atoms with E-state index in [2.05, 4.69) is 21.2 Å². The van der Waals surface area contributed by atoms with Gasteiger partial charge in [0.2, 0.25) is 5.91 Å². The molecule has 1 aliphatic rings. The topological polar surface area (TPSA) is 78.7 Å². The molecule has 0 saturated carbocycles. The lowest BCUT2D eigenvalue weighted by Gasteiger charge is -2.35. The summed E-state index contributed by atoms with van der Waals surface area (Å²) >= 11 is 3.22. The van der Waals surface area contributed by atoms with Crippen molar-refractivity contribution in [3.8, 4) is 0 Å². The summed E-state index contributed by atoms with van der Waals surface area (Å²) in [6.45, 7) is 1.73. The maximum absolute atomic E-state index is 13.1. The summed E-state index contributed by atoms with van der Waals surface area (Å²) < 4.78 is 39.8. The normalized spacial score (nSPS) is 15.1. The Morgan fingerprint density at radius 2 is 1.80 bits per heavy atom. The highest BCUT2D eigenvalue weighted by molar-refractivity contribution is 9.10. The largest absolute Gasteiger partial charge is 0.418 e. The van der Waals surface area contributed by atoms with Gasteiger partial charge in [0.15, 0.2) is 0 Å². The number of nitrogens with zero attached hydrogens (tertiary/aromatic N) is 3. The molecule has 0 aromatic heterocycles. The summed E-state index contributed by atoms with van der Waals surface area (Å²) in [7, 11) is 0. The number of carbonyl (C=O) groups excluding carboxylic acids is 1. The van der Waals surface area contributed by atoms with E-state index in [-0.39, 0.29) is 17.9 Å². The number of halogens is 4. The highest BCUT2D eigenvalue weighted by Crippen LogP contribution is 2.35. The van der Waals surface area contributed by atoms with Crippen LogP contribution >= 0.6 is 15.9 Å². The van der Waals surface area contributed by atoms with Crippen LogP contribution in [0.5, 0.6) is 0 Å². The smallest absolute Gasteiger partial charge is 0.363 e. The van der Waals surface area contributed by atoms with Gasteiger partial charge in [-0.3, -0.25) is 19.8 Å². The number of alkyl halides is 3. The van der Waals surface area contributed by atoms with Crippen molar-refractivity contribution in [3.05, 3.63) is 62.6 Å². The maximum atomic E-state index is 13.1. The van der Waals surface area contributed by atoms with E-state index in [0.29, 0.717) is 36.3 Å². The zero-order chi connectivity index (χ0) is 21.9. The summed E-state index contributed by atoms with van der Waals surface area (Å²) in [6, 6.07) is 9.64. The monoisotopic (exact) mass is 486 g/mol. The molecular formula is C19H18BrF3N4O3. The first-order valence-corrected chi connectivity index (χ1v) is 9.82. The lowest BCUT2D eigenvalue weighted by Crippen LogP contribution is -2.48. The van der Waals surface area contributed by atoms with E-state index in [0.717, 1.165) is 6.07 Å². The minimum Gasteiger partial charge on any atom is -0.363 e. The summed E-state index contributed by atoms with van der Waals surface area (Å²) in [5.41, 5.74) is -0.699. The highest BCUT2D eigenvalue weighted by atomic mass is 79.9. The van der Waals surface area contributed by atoms with Gasteiger partial charge in [-0.25, -0.2) is 0 Å². The fraction of sp³-hybridized carbons (Fsp3) is 0.316. The summed E-state index contributed by atoms with van der Waals surface area (Å²) in [6.07, 6.45) is -4.56. The first-order valence-electron chi connectivity index (χ1n) is 9.02. The van der Waals surface area contributed by atoms with Crippen LogP contribution in [0.25, 0.3) is 0 Å². The quantitative estimate of drug-likeness (QED) is 0.507. The second kappa shape index (κ2) is 9.00. The van der Waals surface area contributed by atoms with Crippen molar-refractivity contribution in [2.24, 2.45) is 0 Å². The molecule has 1 heterocycles. The molecule has 1 saturated heterocycles. The molecule has 7 nitrogen and oxygen atoms in total. The number of amides is 1. The number of benzene rings is 2. The number of nitrogens with one attached hydrogen (secondary N) is 1. The Morgan fingerprint density at radius 1 is 1.13 bits per heavy atom. The van der Waals surface area contributed by atoms with E-state index in [1.165, 1.54) is 24.3 Å². The molecule has 30 heavy (non-hydrogen) atoms. The van der Waals surface area contributed by atoms with Crippen molar-refractivity contribution < 1.29 is 22.9 Å². The Hall–Kier alpha value is -2.66. The van der Waals surface area contributed by atoms with Crippen molar-refractivity contribution in [3.63, 3.8) is 0 Å². The van der Waals surface area contributed by atoms with Crippen LogP contribution < -0.4 is 10.2 Å². The van der Waals surface area contributed by atoms with Crippen LogP contribution in [0.1, 0.15) is 5.56 Å². The lowest BCUT2D eigenvalue weighted by molar-refractivity contribution is -0.384. The number of nitro groups is 1. The van der Waals surface area contributed by atoms with Crippen LogP contribution in [0.4, 0.5) is 30.2 Å². The summed E-state index contributed by atoms with van der Waals surface area (Å²) in [5.74, 6) is -0.547. The molecule has 0 spiro atoms. The van der Waals surface area contributed by atoms with Gasteiger partial charge in [0, 0.05) is 36.7 Å². The SMILES string of the molecule is O=C(CN1CCN(c2ccc(Br)cc2[N+](=O)[O-])CC1)Nc1ccccc1C(F)(F)F. The average Bonchev–Trinajstić information content (AvgIpc) is 2.68. The second-order valence-electron chi connectivity index (χ2n) is 6.74. The maximum Gasteiger partial charge on any atom is 0.418 e. The molecule has 1 fully saturated rings. The Balaban J connectivity index is 1.60. The molecule has 0 bridgehead atoms. The van der Waals surface area contributed by atoms with Gasteiger partial charge >= 0.3 is 6.18 Å². The molecule has 0 unspecified atom stereocenters. The minimum absolute atomic E-state index is 0.0145. The summed E-state index contributed by atoms with van der Waals surface area (Å²) in [5, 5.41) is 13.6. The van der Waals surface area contributed by atoms with Gasteiger partial charge in [-0.2, -0.15) is 13.2 Å². The Morgan fingerprint density at radius 3 is 2.43 bits per heavy atom. The predicted octanol–water partition coefficient (Wildman–Crippen LogP) is 4.14. The molecule has 0 radical (unpaired) electrons. The Kier molecular flexibility index (Phi) is 6.61. The third-order valence-corrected chi connectivity index (χ3v) is 5.21. The predicted molar refractivity (Wildman–Crippen MR) is 110 cm³/mol. The number of nitro benzene ring substituents is 1. The first-order chi connectivity index (χ1) is 14.1. The molecule has 1 N–H and O–H groups in total. The molecule has 160 valence electrons. The fourth-order valence-electron chi connectivity index (χ4n) is 3.29. The molecule has 0 atom stereocenters. The second-order valence-corrected chi connectivity index (χ2v) is 7.66. The minimum atomic E-state index is -4.56. The highest BCUT2D eigenvalue weighted by Gasteiger charge is 2.33. The number of hydrogen-bond acceptors (Lipinski definition) is 5. The van der Waals surface area contributed by atoms with Crippen LogP contribution in [0, 0.1) is 10.1 Å².